The molecule has 0 aliphatic rings. The predicted molar refractivity (Wildman–Crippen MR) is 61.0 cm³/mol. The van der Waals surface area contributed by atoms with Crippen LogP contribution in [0.2, 0.25) is 0 Å². The molecule has 0 aliphatic heterocycles. The van der Waals surface area contributed by atoms with Crippen molar-refractivity contribution in [1.29, 1.82) is 0 Å². The molecular weight excluding hydrogens is 364 g/mol. The van der Waals surface area contributed by atoms with Crippen LogP contribution in [-0.2, 0) is 6.54 Å². The van der Waals surface area contributed by atoms with Crippen molar-refractivity contribution < 1.29 is 28.5 Å². The van der Waals surface area contributed by atoms with E-state index in [2.05, 4.69) is 44.4 Å². The Morgan fingerprint density at radius 1 is 1.13 bits per heavy atom. The van der Waals surface area contributed by atoms with Gasteiger partial charge in [-0.25, -0.2) is 0 Å². The summed E-state index contributed by atoms with van der Waals surface area (Å²) in [6.07, 6.45) is 0. The summed E-state index contributed by atoms with van der Waals surface area (Å²) in [5, 5.41) is 0. The summed E-state index contributed by atoms with van der Waals surface area (Å²) < 4.78 is 5.54. The molecule has 0 atom stereocenters. The average molecular weight is 380 g/mol. The number of nitrogens with zero attached hydrogens (tertiary/aromatic N) is 1. The number of aromatic nitrogens is 1. The molecule has 0 spiro atoms. The molecule has 0 radical (unpaired) electrons. The molecule has 0 bridgehead atoms. The third-order valence-electron chi connectivity index (χ3n) is 2.82. The molecule has 1 heterocycles. The van der Waals surface area contributed by atoms with Gasteiger partial charge in [-0.2, -0.15) is 0 Å². The van der Waals surface area contributed by atoms with Gasteiger partial charge in [-0.15, -0.1) is 0 Å². The molecule has 0 N–H and O–H groups in total. The van der Waals surface area contributed by atoms with Crippen molar-refractivity contribution in [2.24, 2.45) is 0 Å². The third-order valence-corrected chi connectivity index (χ3v) is 5.05. The van der Waals surface area contributed by atoms with Crippen LogP contribution >= 0.6 is 0 Å². The second-order valence-electron chi connectivity index (χ2n) is 3.77. The van der Waals surface area contributed by atoms with Crippen LogP contribution in [0, 0.1) is 20.8 Å². The first kappa shape index (κ1) is 13.2. The Morgan fingerprint density at radius 3 is 2.33 bits per heavy atom. The molecule has 0 saturated carbocycles. The number of halogens is 1. The monoisotopic (exact) mass is 381 g/mol. The molecule has 3 heteroatoms. The fourth-order valence-electron chi connectivity index (χ4n) is 1.84. The zero-order valence-corrected chi connectivity index (χ0v) is 13.5. The van der Waals surface area contributed by atoms with Crippen LogP contribution in [0.5, 0.6) is 0 Å². The van der Waals surface area contributed by atoms with Crippen molar-refractivity contribution in [2.75, 3.05) is 0 Å². The van der Waals surface area contributed by atoms with Gasteiger partial charge in [0, 0.05) is 0 Å². The van der Waals surface area contributed by atoms with Gasteiger partial charge in [0.25, 0.3) is 0 Å². The summed E-state index contributed by atoms with van der Waals surface area (Å²) in [6.45, 7) is 9.99. The first-order chi connectivity index (χ1) is 6.63. The topological polar surface area (TPSA) is 3.88 Å². The van der Waals surface area contributed by atoms with Gasteiger partial charge in [0.1, 0.15) is 0 Å². The second-order valence-corrected chi connectivity index (χ2v) is 6.36. The second kappa shape index (κ2) is 4.98. The fraction of sp³-hybridized carbons (Fsp3) is 0.417. The van der Waals surface area contributed by atoms with E-state index in [-0.39, 0.29) is 24.0 Å². The number of fused-ring (bicyclic) bond motifs is 1. The number of hydrogen-bond acceptors (Lipinski definition) is 0. The predicted octanol–water partition coefficient (Wildman–Crippen LogP) is -0.867. The molecular formula is C12H16INSe. The Morgan fingerprint density at radius 2 is 1.73 bits per heavy atom. The van der Waals surface area contributed by atoms with Crippen LogP contribution in [0.25, 0.3) is 9.78 Å². The number of benzene rings is 1. The zero-order chi connectivity index (χ0) is 10.3. The number of hydrogen-bond donors (Lipinski definition) is 0. The molecule has 2 rings (SSSR count). The van der Waals surface area contributed by atoms with Crippen LogP contribution < -0.4 is 28.5 Å². The largest absolute Gasteiger partial charge is 1.00 e. The summed E-state index contributed by atoms with van der Waals surface area (Å²) in [7, 11) is 0. The van der Waals surface area contributed by atoms with Gasteiger partial charge in [-0.1, -0.05) is 0 Å². The first-order valence-electron chi connectivity index (χ1n) is 5.03. The standard InChI is InChI=1S/C12H16NSe.HI/c1-5-13-10(4)14-12-7-9(3)8(2)6-11(12)13;/h6-7H,5H2,1-4H3;1H/q+1;/p-1. The Bertz CT molecular complexity index is 488. The maximum absolute atomic E-state index is 2.45. The van der Waals surface area contributed by atoms with E-state index in [0.717, 1.165) is 6.54 Å². The minimum Gasteiger partial charge on any atom is -1.00 e. The molecule has 82 valence electrons. The molecule has 0 amide bonds. The normalized spacial score (nSPS) is 10.4. The molecule has 1 aromatic carbocycles. The van der Waals surface area contributed by atoms with E-state index in [1.165, 1.54) is 16.6 Å². The van der Waals surface area contributed by atoms with Crippen LogP contribution in [-0.4, -0.2) is 14.5 Å². The van der Waals surface area contributed by atoms with Crippen LogP contribution in [0.4, 0.5) is 0 Å². The Balaban J connectivity index is 0.00000112. The molecule has 0 unspecified atom stereocenters. The maximum atomic E-state index is 2.45. The van der Waals surface area contributed by atoms with E-state index < -0.39 is 0 Å². The van der Waals surface area contributed by atoms with Crippen LogP contribution in [0.3, 0.4) is 0 Å². The summed E-state index contributed by atoms with van der Waals surface area (Å²) in [5.74, 6) is 0. The molecule has 1 nitrogen and oxygen atoms in total. The molecule has 0 aliphatic carbocycles. The first-order valence-corrected chi connectivity index (χ1v) is 6.75. The third kappa shape index (κ3) is 2.29. The van der Waals surface area contributed by atoms with E-state index in [1.807, 2.05) is 0 Å². The Labute approximate surface area is 114 Å². The maximum Gasteiger partial charge on any atom is -1.00 e. The SMILES string of the molecule is CC[n+]1c(C)[se]c2cc(C)c(C)cc21.[I-]. The Kier molecular flexibility index (Phi) is 4.38. The molecule has 1 aromatic heterocycles. The minimum absolute atomic E-state index is 0. The van der Waals surface area contributed by atoms with Gasteiger partial charge in [0.2, 0.25) is 0 Å². The van der Waals surface area contributed by atoms with Crippen molar-refractivity contribution in [3.63, 3.8) is 0 Å². The molecule has 0 saturated heterocycles. The summed E-state index contributed by atoms with van der Waals surface area (Å²) in [5.41, 5.74) is 4.29. The van der Waals surface area contributed by atoms with Gasteiger partial charge in [-0.3, -0.25) is 0 Å². The minimum atomic E-state index is 0. The van der Waals surface area contributed by atoms with Crippen molar-refractivity contribution in [2.45, 2.75) is 34.2 Å². The van der Waals surface area contributed by atoms with E-state index in [0.29, 0.717) is 14.5 Å². The number of rotatable bonds is 1. The quantitative estimate of drug-likeness (QED) is 0.344. The molecule has 0 fully saturated rings. The zero-order valence-electron chi connectivity index (χ0n) is 9.60. The van der Waals surface area contributed by atoms with E-state index in [4.69, 9.17) is 0 Å². The van der Waals surface area contributed by atoms with Gasteiger partial charge in [-0.05, 0) is 0 Å². The summed E-state index contributed by atoms with van der Waals surface area (Å²) >= 11 is 0.559. The van der Waals surface area contributed by atoms with Gasteiger partial charge in [0.15, 0.2) is 0 Å². The van der Waals surface area contributed by atoms with E-state index >= 15 is 0 Å². The smallest absolute Gasteiger partial charge is 1.00 e. The van der Waals surface area contributed by atoms with Gasteiger partial charge in [0.05, 0.1) is 0 Å². The summed E-state index contributed by atoms with van der Waals surface area (Å²) in [4.78, 5) is 0. The van der Waals surface area contributed by atoms with Gasteiger partial charge >= 0.3 is 90.9 Å². The van der Waals surface area contributed by atoms with E-state index in [1.54, 1.807) is 8.83 Å². The summed E-state index contributed by atoms with van der Waals surface area (Å²) in [6, 6.07) is 4.70. The Hall–Kier alpha value is 0.139. The van der Waals surface area contributed by atoms with Crippen molar-refractivity contribution in [1.82, 2.24) is 0 Å². The van der Waals surface area contributed by atoms with Crippen LogP contribution in [0.15, 0.2) is 12.1 Å². The van der Waals surface area contributed by atoms with Crippen molar-refractivity contribution >= 4 is 24.3 Å². The molecule has 15 heavy (non-hydrogen) atoms. The number of aryl methyl sites for hydroxylation is 4. The van der Waals surface area contributed by atoms with Crippen molar-refractivity contribution in [3.05, 3.63) is 27.8 Å². The van der Waals surface area contributed by atoms with Gasteiger partial charge < -0.3 is 24.0 Å². The van der Waals surface area contributed by atoms with E-state index in [9.17, 15) is 0 Å². The van der Waals surface area contributed by atoms with Crippen LogP contribution in [0.1, 0.15) is 22.6 Å². The molecule has 2 aromatic rings. The fourth-order valence-corrected chi connectivity index (χ4v) is 4.29. The van der Waals surface area contributed by atoms with Crippen molar-refractivity contribution in [3.8, 4) is 0 Å². The average Bonchev–Trinajstić information content (AvgIpc) is 2.42.